The SMILES string of the molecule is CC(C)(N)Cc1ccc(CN2CCOCC2)cc1. The van der Waals surface area contributed by atoms with Gasteiger partial charge in [0, 0.05) is 25.2 Å². The molecule has 0 spiro atoms. The molecule has 0 radical (unpaired) electrons. The molecule has 0 aromatic heterocycles. The van der Waals surface area contributed by atoms with Crippen molar-refractivity contribution in [3.8, 4) is 0 Å². The number of nitrogens with two attached hydrogens (primary N) is 1. The Labute approximate surface area is 110 Å². The van der Waals surface area contributed by atoms with Crippen LogP contribution in [0.2, 0.25) is 0 Å². The lowest BCUT2D eigenvalue weighted by atomic mass is 9.95. The first kappa shape index (κ1) is 13.5. The molecule has 18 heavy (non-hydrogen) atoms. The van der Waals surface area contributed by atoms with E-state index in [0.29, 0.717) is 0 Å². The summed E-state index contributed by atoms with van der Waals surface area (Å²) < 4.78 is 5.36. The van der Waals surface area contributed by atoms with Gasteiger partial charge in [0.15, 0.2) is 0 Å². The van der Waals surface area contributed by atoms with Gasteiger partial charge in [0.25, 0.3) is 0 Å². The van der Waals surface area contributed by atoms with E-state index in [2.05, 4.69) is 43.0 Å². The minimum Gasteiger partial charge on any atom is -0.379 e. The van der Waals surface area contributed by atoms with Gasteiger partial charge in [0.05, 0.1) is 13.2 Å². The molecule has 2 rings (SSSR count). The number of nitrogens with zero attached hydrogens (tertiary/aromatic N) is 1. The lowest BCUT2D eigenvalue weighted by Gasteiger charge is -2.26. The lowest BCUT2D eigenvalue weighted by molar-refractivity contribution is 0.0342. The van der Waals surface area contributed by atoms with Crippen LogP contribution in [0.3, 0.4) is 0 Å². The van der Waals surface area contributed by atoms with Crippen LogP contribution in [-0.4, -0.2) is 36.7 Å². The average Bonchev–Trinajstić information content (AvgIpc) is 2.31. The van der Waals surface area contributed by atoms with Crippen molar-refractivity contribution >= 4 is 0 Å². The third-order valence-corrected chi connectivity index (χ3v) is 3.19. The molecule has 1 heterocycles. The van der Waals surface area contributed by atoms with E-state index in [4.69, 9.17) is 10.5 Å². The predicted octanol–water partition coefficient (Wildman–Crippen LogP) is 1.80. The van der Waals surface area contributed by atoms with E-state index in [1.54, 1.807) is 0 Å². The number of hydrogen-bond donors (Lipinski definition) is 1. The summed E-state index contributed by atoms with van der Waals surface area (Å²) in [6.45, 7) is 8.95. The molecule has 1 aromatic carbocycles. The van der Waals surface area contributed by atoms with Crippen LogP contribution in [0.5, 0.6) is 0 Å². The Morgan fingerprint density at radius 2 is 1.67 bits per heavy atom. The number of benzene rings is 1. The van der Waals surface area contributed by atoms with E-state index in [1.807, 2.05) is 0 Å². The zero-order valence-corrected chi connectivity index (χ0v) is 11.5. The Hall–Kier alpha value is -0.900. The minimum atomic E-state index is -0.133. The second kappa shape index (κ2) is 5.83. The molecule has 2 N–H and O–H groups in total. The molecule has 0 saturated carbocycles. The molecule has 0 unspecified atom stereocenters. The molecule has 3 nitrogen and oxygen atoms in total. The summed E-state index contributed by atoms with van der Waals surface area (Å²) in [5.74, 6) is 0. The van der Waals surface area contributed by atoms with Crippen molar-refractivity contribution in [2.24, 2.45) is 5.73 Å². The molecule has 100 valence electrons. The van der Waals surface area contributed by atoms with E-state index in [-0.39, 0.29) is 5.54 Å². The van der Waals surface area contributed by atoms with Crippen LogP contribution < -0.4 is 5.73 Å². The summed E-state index contributed by atoms with van der Waals surface area (Å²) in [5.41, 5.74) is 8.58. The second-order valence-corrected chi connectivity index (χ2v) is 5.87. The zero-order chi connectivity index (χ0) is 13.0. The Kier molecular flexibility index (Phi) is 4.38. The summed E-state index contributed by atoms with van der Waals surface area (Å²) in [5, 5.41) is 0. The summed E-state index contributed by atoms with van der Waals surface area (Å²) in [4.78, 5) is 2.44. The molecule has 0 atom stereocenters. The van der Waals surface area contributed by atoms with Crippen LogP contribution in [0.25, 0.3) is 0 Å². The molecule has 0 amide bonds. The van der Waals surface area contributed by atoms with E-state index in [9.17, 15) is 0 Å². The Balaban J connectivity index is 1.90. The van der Waals surface area contributed by atoms with Crippen molar-refractivity contribution in [1.82, 2.24) is 4.90 Å². The molecular formula is C15H24N2O. The van der Waals surface area contributed by atoms with Crippen LogP contribution in [0.4, 0.5) is 0 Å². The monoisotopic (exact) mass is 248 g/mol. The van der Waals surface area contributed by atoms with Crippen molar-refractivity contribution < 1.29 is 4.74 Å². The highest BCUT2D eigenvalue weighted by molar-refractivity contribution is 5.23. The van der Waals surface area contributed by atoms with Crippen LogP contribution in [0, 0.1) is 0 Å². The normalized spacial score (nSPS) is 17.9. The van der Waals surface area contributed by atoms with Gasteiger partial charge in [-0.25, -0.2) is 0 Å². The Morgan fingerprint density at radius 1 is 1.11 bits per heavy atom. The zero-order valence-electron chi connectivity index (χ0n) is 11.5. The van der Waals surface area contributed by atoms with Crippen molar-refractivity contribution in [3.05, 3.63) is 35.4 Å². The van der Waals surface area contributed by atoms with Crippen LogP contribution >= 0.6 is 0 Å². The van der Waals surface area contributed by atoms with E-state index >= 15 is 0 Å². The fraction of sp³-hybridized carbons (Fsp3) is 0.600. The van der Waals surface area contributed by atoms with Crippen molar-refractivity contribution in [1.29, 1.82) is 0 Å². The Bertz CT molecular complexity index is 361. The van der Waals surface area contributed by atoms with E-state index < -0.39 is 0 Å². The summed E-state index contributed by atoms with van der Waals surface area (Å²) in [7, 11) is 0. The largest absolute Gasteiger partial charge is 0.379 e. The molecule has 1 aliphatic heterocycles. The fourth-order valence-electron chi connectivity index (χ4n) is 2.31. The molecule has 0 bridgehead atoms. The number of hydrogen-bond acceptors (Lipinski definition) is 3. The smallest absolute Gasteiger partial charge is 0.0594 e. The molecule has 1 saturated heterocycles. The molecular weight excluding hydrogens is 224 g/mol. The van der Waals surface area contributed by atoms with Gasteiger partial charge in [0.1, 0.15) is 0 Å². The van der Waals surface area contributed by atoms with E-state index in [0.717, 1.165) is 39.3 Å². The number of ether oxygens (including phenoxy) is 1. The lowest BCUT2D eigenvalue weighted by Crippen LogP contribution is -2.35. The van der Waals surface area contributed by atoms with Crippen LogP contribution in [0.15, 0.2) is 24.3 Å². The molecule has 1 fully saturated rings. The van der Waals surface area contributed by atoms with Gasteiger partial charge < -0.3 is 10.5 Å². The van der Waals surface area contributed by atoms with E-state index in [1.165, 1.54) is 11.1 Å². The van der Waals surface area contributed by atoms with Gasteiger partial charge in [0.2, 0.25) is 0 Å². The quantitative estimate of drug-likeness (QED) is 0.883. The Morgan fingerprint density at radius 3 is 2.22 bits per heavy atom. The maximum Gasteiger partial charge on any atom is 0.0594 e. The van der Waals surface area contributed by atoms with Crippen LogP contribution in [0.1, 0.15) is 25.0 Å². The van der Waals surface area contributed by atoms with Gasteiger partial charge >= 0.3 is 0 Å². The molecule has 3 heteroatoms. The summed E-state index contributed by atoms with van der Waals surface area (Å²) >= 11 is 0. The van der Waals surface area contributed by atoms with Crippen molar-refractivity contribution in [3.63, 3.8) is 0 Å². The highest BCUT2D eigenvalue weighted by atomic mass is 16.5. The maximum atomic E-state index is 6.03. The van der Waals surface area contributed by atoms with Crippen LogP contribution in [-0.2, 0) is 17.7 Å². The first-order valence-corrected chi connectivity index (χ1v) is 6.70. The highest BCUT2D eigenvalue weighted by Crippen LogP contribution is 2.13. The van der Waals surface area contributed by atoms with Gasteiger partial charge in [-0.1, -0.05) is 24.3 Å². The molecule has 1 aliphatic rings. The first-order chi connectivity index (χ1) is 8.53. The minimum absolute atomic E-state index is 0.133. The number of rotatable bonds is 4. The average molecular weight is 248 g/mol. The van der Waals surface area contributed by atoms with Crippen molar-refractivity contribution in [2.75, 3.05) is 26.3 Å². The summed E-state index contributed by atoms with van der Waals surface area (Å²) in [6.07, 6.45) is 0.921. The fourth-order valence-corrected chi connectivity index (χ4v) is 2.31. The number of morpholine rings is 1. The maximum absolute atomic E-state index is 6.03. The topological polar surface area (TPSA) is 38.5 Å². The van der Waals surface area contributed by atoms with Gasteiger partial charge in [-0.15, -0.1) is 0 Å². The predicted molar refractivity (Wildman–Crippen MR) is 74.5 cm³/mol. The van der Waals surface area contributed by atoms with Gasteiger partial charge in [-0.05, 0) is 31.4 Å². The first-order valence-electron chi connectivity index (χ1n) is 6.70. The van der Waals surface area contributed by atoms with Gasteiger partial charge in [-0.2, -0.15) is 0 Å². The van der Waals surface area contributed by atoms with Crippen molar-refractivity contribution in [2.45, 2.75) is 32.4 Å². The van der Waals surface area contributed by atoms with Gasteiger partial charge in [-0.3, -0.25) is 4.90 Å². The third-order valence-electron chi connectivity index (χ3n) is 3.19. The second-order valence-electron chi connectivity index (χ2n) is 5.87. The highest BCUT2D eigenvalue weighted by Gasteiger charge is 2.13. The molecule has 1 aromatic rings. The molecule has 0 aliphatic carbocycles. The summed E-state index contributed by atoms with van der Waals surface area (Å²) in [6, 6.07) is 8.84. The third kappa shape index (κ3) is 4.41. The standard InChI is InChI=1S/C15H24N2O/c1-15(2,16)11-13-3-5-14(6-4-13)12-17-7-9-18-10-8-17/h3-6H,7-12,16H2,1-2H3.